The number of ether oxygens (including phenoxy) is 2. The van der Waals surface area contributed by atoms with Crippen LogP contribution in [0.2, 0.25) is 0 Å². The van der Waals surface area contributed by atoms with Gasteiger partial charge in [-0.3, -0.25) is 0 Å². The molecule has 6 nitrogen and oxygen atoms in total. The quantitative estimate of drug-likeness (QED) is 0.287. The third kappa shape index (κ3) is 5.31. The third-order valence-electron chi connectivity index (χ3n) is 5.54. The molecule has 0 amide bonds. The Morgan fingerprint density at radius 2 is 1.53 bits per heavy atom. The molecule has 5 aromatic rings. The molecular formula is C29H21FN2O4. The Labute approximate surface area is 206 Å². The zero-order chi connectivity index (χ0) is 24.9. The van der Waals surface area contributed by atoms with Gasteiger partial charge in [0.2, 0.25) is 5.88 Å². The zero-order valence-corrected chi connectivity index (χ0v) is 19.1. The number of carboxylic acids is 1. The molecule has 1 heterocycles. The van der Waals surface area contributed by atoms with Crippen molar-refractivity contribution in [1.29, 1.82) is 0 Å². The fraction of sp³-hybridized carbons (Fsp3) is 0.0690. The van der Waals surface area contributed by atoms with Crippen molar-refractivity contribution in [2.45, 2.75) is 6.61 Å². The van der Waals surface area contributed by atoms with Crippen LogP contribution in [0.4, 0.5) is 4.39 Å². The van der Waals surface area contributed by atoms with Crippen LogP contribution in [0.15, 0.2) is 97.1 Å². The second kappa shape index (κ2) is 10.2. The van der Waals surface area contributed by atoms with Gasteiger partial charge in [-0.05, 0) is 35.0 Å². The van der Waals surface area contributed by atoms with E-state index in [4.69, 9.17) is 19.6 Å². The number of aliphatic carboxylic acids is 1. The Morgan fingerprint density at radius 3 is 2.33 bits per heavy atom. The van der Waals surface area contributed by atoms with Gasteiger partial charge in [0.15, 0.2) is 12.4 Å². The lowest BCUT2D eigenvalue weighted by Crippen LogP contribution is -2.09. The highest BCUT2D eigenvalue weighted by atomic mass is 19.1. The summed E-state index contributed by atoms with van der Waals surface area (Å²) >= 11 is 0. The molecule has 0 spiro atoms. The van der Waals surface area contributed by atoms with E-state index in [9.17, 15) is 9.18 Å². The number of nitrogens with zero attached hydrogens (tertiary/aromatic N) is 2. The number of carbonyl (C=O) groups is 1. The van der Waals surface area contributed by atoms with Crippen LogP contribution >= 0.6 is 0 Å². The van der Waals surface area contributed by atoms with E-state index in [2.05, 4.69) is 4.98 Å². The first kappa shape index (κ1) is 23.0. The van der Waals surface area contributed by atoms with Crippen LogP contribution in [0.25, 0.3) is 33.4 Å². The Bertz CT molecular complexity index is 1540. The summed E-state index contributed by atoms with van der Waals surface area (Å²) in [6.45, 7) is -0.367. The summed E-state index contributed by atoms with van der Waals surface area (Å²) in [5, 5.41) is 10.6. The van der Waals surface area contributed by atoms with Crippen molar-refractivity contribution < 1.29 is 23.8 Å². The van der Waals surface area contributed by atoms with Crippen LogP contribution in [0, 0.1) is 5.82 Å². The first-order chi connectivity index (χ1) is 17.5. The van der Waals surface area contributed by atoms with Crippen molar-refractivity contribution in [3.8, 4) is 34.3 Å². The Morgan fingerprint density at radius 1 is 0.778 bits per heavy atom. The highest BCUT2D eigenvalue weighted by Crippen LogP contribution is 2.29. The fourth-order valence-corrected chi connectivity index (χ4v) is 3.75. The summed E-state index contributed by atoms with van der Waals surface area (Å²) in [5.41, 5.74) is 2.79. The maximum Gasteiger partial charge on any atom is 0.341 e. The van der Waals surface area contributed by atoms with Crippen LogP contribution in [0.1, 0.15) is 5.56 Å². The molecule has 0 aliphatic heterocycles. The monoisotopic (exact) mass is 480 g/mol. The molecule has 4 aromatic carbocycles. The van der Waals surface area contributed by atoms with E-state index in [1.807, 2.05) is 54.6 Å². The summed E-state index contributed by atoms with van der Waals surface area (Å²) in [6, 6.07) is 29.0. The highest BCUT2D eigenvalue weighted by Gasteiger charge is 2.12. The minimum Gasteiger partial charge on any atom is -0.482 e. The zero-order valence-electron chi connectivity index (χ0n) is 19.1. The average molecular weight is 480 g/mol. The van der Waals surface area contributed by atoms with E-state index in [0.29, 0.717) is 28.7 Å². The number of hydrogen-bond donors (Lipinski definition) is 1. The summed E-state index contributed by atoms with van der Waals surface area (Å²) in [4.78, 5) is 20.1. The van der Waals surface area contributed by atoms with E-state index < -0.39 is 12.6 Å². The van der Waals surface area contributed by atoms with E-state index >= 15 is 0 Å². The van der Waals surface area contributed by atoms with Gasteiger partial charge in [0.25, 0.3) is 0 Å². The molecule has 0 radical (unpaired) electrons. The summed E-state index contributed by atoms with van der Waals surface area (Å²) < 4.78 is 25.3. The minimum absolute atomic E-state index is 0.0359. The van der Waals surface area contributed by atoms with Crippen LogP contribution in [-0.2, 0) is 11.4 Å². The molecule has 0 aliphatic carbocycles. The number of rotatable bonds is 8. The molecule has 0 saturated carbocycles. The third-order valence-corrected chi connectivity index (χ3v) is 5.54. The van der Waals surface area contributed by atoms with Crippen molar-refractivity contribution in [1.82, 2.24) is 9.97 Å². The van der Waals surface area contributed by atoms with E-state index in [-0.39, 0.29) is 12.4 Å². The van der Waals surface area contributed by atoms with Crippen LogP contribution < -0.4 is 9.47 Å². The summed E-state index contributed by atoms with van der Waals surface area (Å²) in [7, 11) is 0. The normalized spacial score (nSPS) is 10.8. The molecule has 0 fully saturated rings. The topological polar surface area (TPSA) is 81.5 Å². The van der Waals surface area contributed by atoms with Crippen molar-refractivity contribution in [2.24, 2.45) is 0 Å². The molecule has 1 N–H and O–H groups in total. The van der Waals surface area contributed by atoms with Crippen LogP contribution in [-0.4, -0.2) is 27.7 Å². The van der Waals surface area contributed by atoms with Crippen LogP contribution in [0.5, 0.6) is 11.6 Å². The second-order valence-corrected chi connectivity index (χ2v) is 8.07. The van der Waals surface area contributed by atoms with Crippen LogP contribution in [0.3, 0.4) is 0 Å². The van der Waals surface area contributed by atoms with E-state index in [1.54, 1.807) is 36.4 Å². The van der Waals surface area contributed by atoms with Crippen molar-refractivity contribution in [3.63, 3.8) is 0 Å². The van der Waals surface area contributed by atoms with Gasteiger partial charge in [-0.1, -0.05) is 66.7 Å². The van der Waals surface area contributed by atoms with Crippen molar-refractivity contribution in [2.75, 3.05) is 6.61 Å². The smallest absolute Gasteiger partial charge is 0.341 e. The Kier molecular flexibility index (Phi) is 6.53. The van der Waals surface area contributed by atoms with Crippen molar-refractivity contribution >= 4 is 16.7 Å². The van der Waals surface area contributed by atoms with Gasteiger partial charge in [-0.15, -0.1) is 0 Å². The van der Waals surface area contributed by atoms with E-state index in [1.165, 1.54) is 6.07 Å². The van der Waals surface area contributed by atoms with Gasteiger partial charge in [0, 0.05) is 22.8 Å². The molecule has 0 aliphatic rings. The molecule has 0 atom stereocenters. The van der Waals surface area contributed by atoms with Gasteiger partial charge >= 0.3 is 5.97 Å². The molecule has 0 bridgehead atoms. The summed E-state index contributed by atoms with van der Waals surface area (Å²) in [6.07, 6.45) is 0. The number of benzene rings is 4. The molecule has 178 valence electrons. The minimum atomic E-state index is -1.03. The van der Waals surface area contributed by atoms with Gasteiger partial charge < -0.3 is 14.6 Å². The summed E-state index contributed by atoms with van der Waals surface area (Å²) in [5.74, 6) is -0.0957. The lowest BCUT2D eigenvalue weighted by Gasteiger charge is -2.11. The maximum atomic E-state index is 14.1. The lowest BCUT2D eigenvalue weighted by molar-refractivity contribution is -0.139. The largest absolute Gasteiger partial charge is 0.482 e. The number of fused-ring (bicyclic) bond motifs is 1. The standard InChI is InChI=1S/C29H21FN2O4/c30-25-9-5-4-8-23(25)17-36-27-16-26(19-6-2-1-3-7-19)31-29(32-27)22-11-10-21-15-24(35-18-28(33)34)13-12-20(21)14-22/h1-16H,17-18H2,(H,33,34). The number of aromatic nitrogens is 2. The molecule has 36 heavy (non-hydrogen) atoms. The molecule has 7 heteroatoms. The average Bonchev–Trinajstić information content (AvgIpc) is 2.91. The highest BCUT2D eigenvalue weighted by molar-refractivity contribution is 5.88. The SMILES string of the molecule is O=C(O)COc1ccc2cc(-c3nc(OCc4ccccc4F)cc(-c4ccccc4)n3)ccc2c1. The fourth-order valence-electron chi connectivity index (χ4n) is 3.75. The first-order valence-corrected chi connectivity index (χ1v) is 11.2. The maximum absolute atomic E-state index is 14.1. The van der Waals surface area contributed by atoms with Gasteiger partial charge in [-0.2, -0.15) is 4.98 Å². The van der Waals surface area contributed by atoms with Gasteiger partial charge in [-0.25, -0.2) is 14.2 Å². The molecule has 1 aromatic heterocycles. The van der Waals surface area contributed by atoms with Crippen molar-refractivity contribution in [3.05, 3.63) is 108 Å². The molecule has 0 saturated heterocycles. The Balaban J connectivity index is 1.50. The number of carboxylic acid groups (broad SMARTS) is 1. The first-order valence-electron chi connectivity index (χ1n) is 11.2. The van der Waals surface area contributed by atoms with Gasteiger partial charge in [0.1, 0.15) is 18.2 Å². The molecule has 5 rings (SSSR count). The number of halogens is 1. The Hall–Kier alpha value is -4.78. The predicted octanol–water partition coefficient (Wildman–Crippen LogP) is 6.15. The molecular weight excluding hydrogens is 459 g/mol. The molecule has 0 unspecified atom stereocenters. The van der Waals surface area contributed by atoms with E-state index in [0.717, 1.165) is 21.9 Å². The second-order valence-electron chi connectivity index (χ2n) is 8.07. The lowest BCUT2D eigenvalue weighted by atomic mass is 10.1. The van der Waals surface area contributed by atoms with Gasteiger partial charge in [0.05, 0.1) is 5.69 Å². The number of hydrogen-bond acceptors (Lipinski definition) is 5. The predicted molar refractivity (Wildman–Crippen MR) is 134 cm³/mol.